The van der Waals surface area contributed by atoms with Crippen LogP contribution >= 0.6 is 34.8 Å². The van der Waals surface area contributed by atoms with Crippen LogP contribution in [0.2, 0.25) is 0 Å². The third-order valence-corrected chi connectivity index (χ3v) is 6.51. The Morgan fingerprint density at radius 1 is 1.17 bits per heavy atom. The molecule has 0 amide bonds. The van der Waals surface area contributed by atoms with E-state index >= 15 is 0 Å². The van der Waals surface area contributed by atoms with Crippen LogP contribution in [0.25, 0.3) is 0 Å². The Morgan fingerprint density at radius 3 is 2.22 bits per heavy atom. The third-order valence-electron chi connectivity index (χ3n) is 3.61. The van der Waals surface area contributed by atoms with Crippen molar-refractivity contribution in [2.75, 3.05) is 0 Å². The summed E-state index contributed by atoms with van der Waals surface area (Å²) in [6, 6.07) is 6.23. The fourth-order valence-corrected chi connectivity index (χ4v) is 4.06. The molecule has 8 heteroatoms. The number of ketones is 1. The highest BCUT2D eigenvalue weighted by molar-refractivity contribution is 7.90. The molecule has 2 unspecified atom stereocenters. The lowest BCUT2D eigenvalue weighted by atomic mass is 9.87. The maximum absolute atomic E-state index is 12.5. The number of sulfonamides is 1. The Labute approximate surface area is 150 Å². The highest BCUT2D eigenvalue weighted by atomic mass is 35.5. The van der Waals surface area contributed by atoms with Gasteiger partial charge in [0.15, 0.2) is 5.78 Å². The number of rotatable bonds is 2. The van der Waals surface area contributed by atoms with Gasteiger partial charge < -0.3 is 0 Å². The molecule has 2 rings (SSSR count). The van der Waals surface area contributed by atoms with Gasteiger partial charge in [0.05, 0.1) is 15.6 Å². The van der Waals surface area contributed by atoms with Crippen LogP contribution in [0.15, 0.2) is 44.2 Å². The van der Waals surface area contributed by atoms with E-state index < -0.39 is 26.1 Å². The molecule has 1 aromatic rings. The number of hydrogen-bond acceptors (Lipinski definition) is 3. The number of benzene rings is 1. The first kappa shape index (κ1) is 18.5. The number of halogens is 3. The predicted octanol–water partition coefficient (Wildman–Crippen LogP) is 3.83. The van der Waals surface area contributed by atoms with Crippen LogP contribution in [-0.4, -0.2) is 30.2 Å². The van der Waals surface area contributed by atoms with Gasteiger partial charge in [-0.25, -0.2) is 0 Å². The van der Waals surface area contributed by atoms with Gasteiger partial charge in [0.25, 0.3) is 10.0 Å². The molecule has 1 aromatic carbocycles. The maximum atomic E-state index is 12.5. The number of allylic oxidation sites excluding steroid dienone is 2. The molecule has 0 aliphatic heterocycles. The zero-order chi connectivity index (χ0) is 17.6. The number of nitrogens with zero attached hydrogens (tertiary/aromatic N) is 1. The summed E-state index contributed by atoms with van der Waals surface area (Å²) in [5, 5.41) is -1.27. The van der Waals surface area contributed by atoms with Crippen LogP contribution in [0.1, 0.15) is 19.4 Å². The smallest absolute Gasteiger partial charge is 0.282 e. The second-order valence-corrected chi connectivity index (χ2v) is 8.67. The average molecular weight is 395 g/mol. The van der Waals surface area contributed by atoms with Crippen molar-refractivity contribution in [1.29, 1.82) is 0 Å². The SMILES string of the molecule is CC1=C(Cl)C(=O)C(C)(Cl)C(Cl)C1=NS(=O)(=O)c1ccc(C)cc1. The maximum Gasteiger partial charge on any atom is 0.282 e. The normalized spacial score (nSPS) is 27.7. The summed E-state index contributed by atoms with van der Waals surface area (Å²) in [5.74, 6) is -0.551. The van der Waals surface area contributed by atoms with Gasteiger partial charge in [0, 0.05) is 0 Å². The highest BCUT2D eigenvalue weighted by Gasteiger charge is 2.48. The van der Waals surface area contributed by atoms with Crippen molar-refractivity contribution in [3.8, 4) is 0 Å². The molecule has 0 N–H and O–H groups in total. The van der Waals surface area contributed by atoms with Crippen LogP contribution in [-0.2, 0) is 14.8 Å². The number of hydrogen-bond donors (Lipinski definition) is 0. The van der Waals surface area contributed by atoms with Crippen molar-refractivity contribution in [3.05, 3.63) is 40.4 Å². The fraction of sp³-hybridized carbons (Fsp3) is 0.333. The molecular formula is C15H14Cl3NO3S. The van der Waals surface area contributed by atoms with Gasteiger partial charge in [0.2, 0.25) is 0 Å². The topological polar surface area (TPSA) is 63.6 Å². The van der Waals surface area contributed by atoms with Crippen molar-refractivity contribution in [1.82, 2.24) is 0 Å². The van der Waals surface area contributed by atoms with E-state index in [0.29, 0.717) is 0 Å². The third kappa shape index (κ3) is 3.33. The standard InChI is InChI=1S/C15H14Cl3NO3S/c1-8-4-6-10(7-5-8)23(21,22)19-12-9(2)11(16)14(20)15(3,18)13(12)17/h4-7,13H,1-3H3. The quantitative estimate of drug-likeness (QED) is 0.716. The van der Waals surface area contributed by atoms with Crippen molar-refractivity contribution in [3.63, 3.8) is 0 Å². The molecule has 0 fully saturated rings. The first-order valence-electron chi connectivity index (χ1n) is 6.64. The Kier molecular flexibility index (Phi) is 4.98. The van der Waals surface area contributed by atoms with E-state index in [0.717, 1.165) is 5.56 Å². The van der Waals surface area contributed by atoms with E-state index in [1.807, 2.05) is 6.92 Å². The van der Waals surface area contributed by atoms with E-state index in [-0.39, 0.29) is 21.2 Å². The lowest BCUT2D eigenvalue weighted by Gasteiger charge is -2.32. The summed E-state index contributed by atoms with van der Waals surface area (Å²) in [6.45, 7) is 4.72. The zero-order valence-electron chi connectivity index (χ0n) is 12.6. The number of alkyl halides is 2. The Bertz CT molecular complexity index is 824. The van der Waals surface area contributed by atoms with Crippen LogP contribution in [0.3, 0.4) is 0 Å². The molecule has 0 heterocycles. The summed E-state index contributed by atoms with van der Waals surface area (Å²) < 4.78 is 28.7. The first-order chi connectivity index (χ1) is 10.5. The van der Waals surface area contributed by atoms with Gasteiger partial charge in [-0.2, -0.15) is 12.8 Å². The van der Waals surface area contributed by atoms with E-state index in [1.54, 1.807) is 12.1 Å². The fourth-order valence-electron chi connectivity index (χ4n) is 2.07. The van der Waals surface area contributed by atoms with Gasteiger partial charge in [-0.1, -0.05) is 29.3 Å². The van der Waals surface area contributed by atoms with Gasteiger partial charge in [-0.05, 0) is 38.5 Å². The summed E-state index contributed by atoms with van der Waals surface area (Å²) in [5.41, 5.74) is 1.11. The number of aryl methyl sites for hydroxylation is 1. The molecule has 0 aromatic heterocycles. The Morgan fingerprint density at radius 2 is 1.70 bits per heavy atom. The van der Waals surface area contributed by atoms with Crippen LogP contribution < -0.4 is 0 Å². The monoisotopic (exact) mass is 393 g/mol. The van der Waals surface area contributed by atoms with Gasteiger partial charge in [0.1, 0.15) is 10.3 Å². The largest absolute Gasteiger partial charge is 0.291 e. The lowest BCUT2D eigenvalue weighted by molar-refractivity contribution is -0.117. The second-order valence-electron chi connectivity index (χ2n) is 5.47. The Balaban J connectivity index is 2.61. The second kappa shape index (κ2) is 6.20. The van der Waals surface area contributed by atoms with E-state index in [1.165, 1.54) is 26.0 Å². The molecule has 0 saturated heterocycles. The number of carbonyl (C=O) groups is 1. The minimum Gasteiger partial charge on any atom is -0.291 e. The predicted molar refractivity (Wildman–Crippen MR) is 93.3 cm³/mol. The first-order valence-corrected chi connectivity index (χ1v) is 9.28. The molecule has 2 atom stereocenters. The number of carbonyl (C=O) groups excluding carboxylic acids is 1. The Hall–Kier alpha value is -0.880. The molecule has 0 bridgehead atoms. The molecular weight excluding hydrogens is 381 g/mol. The minimum atomic E-state index is -3.99. The minimum absolute atomic E-state index is 0.0191. The summed E-state index contributed by atoms with van der Waals surface area (Å²) >= 11 is 18.3. The van der Waals surface area contributed by atoms with Crippen LogP contribution in [0, 0.1) is 6.92 Å². The van der Waals surface area contributed by atoms with Gasteiger partial charge in [-0.3, -0.25) is 4.79 Å². The molecule has 23 heavy (non-hydrogen) atoms. The average Bonchev–Trinajstić information content (AvgIpc) is 2.49. The van der Waals surface area contributed by atoms with Gasteiger partial charge in [-0.15, -0.1) is 23.2 Å². The van der Waals surface area contributed by atoms with Crippen molar-refractivity contribution < 1.29 is 13.2 Å². The van der Waals surface area contributed by atoms with Crippen LogP contribution in [0.5, 0.6) is 0 Å². The molecule has 1 aliphatic carbocycles. The van der Waals surface area contributed by atoms with Crippen LogP contribution in [0.4, 0.5) is 0 Å². The summed E-state index contributed by atoms with van der Waals surface area (Å²) in [6.07, 6.45) is 0. The molecule has 124 valence electrons. The van der Waals surface area contributed by atoms with Gasteiger partial charge >= 0.3 is 0 Å². The summed E-state index contributed by atoms with van der Waals surface area (Å²) in [4.78, 5) is 10.5. The molecule has 0 radical (unpaired) electrons. The molecule has 0 spiro atoms. The molecule has 1 aliphatic rings. The van der Waals surface area contributed by atoms with E-state index in [4.69, 9.17) is 34.8 Å². The molecule has 0 saturated carbocycles. The van der Waals surface area contributed by atoms with Crippen molar-refractivity contribution in [2.45, 2.75) is 35.9 Å². The zero-order valence-corrected chi connectivity index (χ0v) is 15.7. The van der Waals surface area contributed by atoms with Crippen molar-refractivity contribution in [2.24, 2.45) is 4.40 Å². The van der Waals surface area contributed by atoms with E-state index in [9.17, 15) is 13.2 Å². The number of Topliss-reactive ketones (excluding diaryl/α,β-unsaturated/α-hetero) is 1. The lowest BCUT2D eigenvalue weighted by Crippen LogP contribution is -2.48. The van der Waals surface area contributed by atoms with Crippen molar-refractivity contribution >= 4 is 56.3 Å². The highest BCUT2D eigenvalue weighted by Crippen LogP contribution is 2.38. The summed E-state index contributed by atoms with van der Waals surface area (Å²) in [7, 11) is -3.99. The van der Waals surface area contributed by atoms with E-state index in [2.05, 4.69) is 4.40 Å². The molecule has 4 nitrogen and oxygen atoms in total.